The smallest absolute Gasteiger partial charge is 3.00 e. The molecule has 0 saturated carbocycles. The minimum absolute atomic E-state index is 0. The molecule has 1 radical (unpaired) electrons. The Hall–Kier alpha value is 0.124. The van der Waals surface area contributed by atoms with Gasteiger partial charge in [-0.05, 0) is 0 Å². The van der Waals surface area contributed by atoms with Gasteiger partial charge in [0, 0.05) is 0 Å². The van der Waals surface area contributed by atoms with Crippen LogP contribution in [0, 0.1) is 6.92 Å². The zero-order valence-electron chi connectivity index (χ0n) is 7.74. The van der Waals surface area contributed by atoms with Crippen LogP contribution in [-0.2, 0) is 16.5 Å². The van der Waals surface area contributed by atoms with Crippen LogP contribution in [0.4, 0.5) is 50.4 Å². The molecule has 0 nitrogen and oxygen atoms in total. The summed E-state index contributed by atoms with van der Waals surface area (Å²) in [4.78, 5) is 0. The van der Waals surface area contributed by atoms with E-state index >= 15 is 0 Å². The third-order valence-corrected chi connectivity index (χ3v) is 0. The molecule has 0 bridgehead atoms. The minimum Gasteiger partial charge on any atom is 3.00 e. The quantitative estimate of drug-likeness (QED) is 0.172. The van der Waals surface area contributed by atoms with Gasteiger partial charge < -0.3 is 0 Å². The molecule has 15 heteroatoms. The van der Waals surface area contributed by atoms with E-state index in [9.17, 15) is 50.4 Å². The summed E-state index contributed by atoms with van der Waals surface area (Å²) in [7, 11) is -21.3. The van der Waals surface area contributed by atoms with Crippen molar-refractivity contribution in [2.75, 3.05) is 0 Å². The topological polar surface area (TPSA) is 0 Å². The fraction of sp³-hybridized carbons (Fsp3) is 0. The summed E-state index contributed by atoms with van der Waals surface area (Å²) >= 11 is 0. The van der Waals surface area contributed by atoms with Crippen LogP contribution in [-0.4, -0.2) is 0 Å². The summed E-state index contributed by atoms with van der Waals surface area (Å²) in [5, 5.41) is 0. The van der Waals surface area contributed by atoms with Crippen LogP contribution in [0.3, 0.4) is 0 Å². The van der Waals surface area contributed by atoms with Crippen molar-refractivity contribution in [2.45, 2.75) is 0 Å². The third kappa shape index (κ3) is 242000. The Kier molecular flexibility index (Phi) is 6.80. The summed E-state index contributed by atoms with van der Waals surface area (Å²) in [5.74, 6) is 0. The maximum atomic E-state index is 9.87. The van der Waals surface area contributed by atoms with Crippen molar-refractivity contribution >= 4 is 15.6 Å². The van der Waals surface area contributed by atoms with Crippen molar-refractivity contribution in [3.8, 4) is 0 Å². The number of rotatable bonds is 0. The first-order valence-corrected chi connectivity index (χ1v) is 6.90. The SMILES string of the molecule is C=C[CH2-].F[P-](F)(F)(F)(F)F.F[P-](F)(F)(F)(F)F.[Ni+3]. The summed E-state index contributed by atoms with van der Waals surface area (Å²) in [5.41, 5.74) is 0. The maximum Gasteiger partial charge on any atom is 3.00 e. The Bertz CT molecular complexity index is 209. The summed E-state index contributed by atoms with van der Waals surface area (Å²) in [6.45, 7) is 6.50. The first kappa shape index (κ1) is 26.6. The van der Waals surface area contributed by atoms with Crippen LogP contribution in [0.5, 0.6) is 0 Å². The number of hydrogen-bond acceptors (Lipinski definition) is 0. The van der Waals surface area contributed by atoms with E-state index in [2.05, 4.69) is 13.5 Å². The van der Waals surface area contributed by atoms with Crippen molar-refractivity contribution < 1.29 is 66.9 Å². The first-order chi connectivity index (χ1) is 6.31. The predicted octanol–water partition coefficient (Wildman–Crippen LogP) is 7.77. The molecule has 0 aliphatic rings. The van der Waals surface area contributed by atoms with Crippen LogP contribution in [0.1, 0.15) is 0 Å². The van der Waals surface area contributed by atoms with E-state index in [0.717, 1.165) is 0 Å². The summed E-state index contributed by atoms with van der Waals surface area (Å²) in [6, 6.07) is 0. The second-order valence-electron chi connectivity index (χ2n) is 2.21. The molecular weight excluding hydrogens is 385 g/mol. The molecule has 0 amide bonds. The van der Waals surface area contributed by atoms with Gasteiger partial charge in [0.25, 0.3) is 0 Å². The molecule has 0 saturated heterocycles. The van der Waals surface area contributed by atoms with Crippen molar-refractivity contribution in [1.82, 2.24) is 0 Å². The average molecular weight is 390 g/mol. The number of hydrogen-bond donors (Lipinski definition) is 0. The molecule has 0 unspecified atom stereocenters. The molecule has 0 atom stereocenters. The van der Waals surface area contributed by atoms with Crippen LogP contribution in [0.15, 0.2) is 12.7 Å². The zero-order chi connectivity index (χ0) is 15.5. The van der Waals surface area contributed by atoms with E-state index in [1.165, 1.54) is 6.08 Å². The number of halogens is 12. The second kappa shape index (κ2) is 4.60. The molecule has 0 heterocycles. The molecule has 0 fully saturated rings. The van der Waals surface area contributed by atoms with E-state index in [1.54, 1.807) is 0 Å². The third-order valence-electron chi connectivity index (χ3n) is 0. The van der Waals surface area contributed by atoms with Crippen molar-refractivity contribution in [2.24, 2.45) is 0 Å². The molecule has 0 N–H and O–H groups in total. The molecule has 0 aromatic rings. The van der Waals surface area contributed by atoms with E-state index in [-0.39, 0.29) is 16.5 Å². The zero-order valence-corrected chi connectivity index (χ0v) is 10.5. The van der Waals surface area contributed by atoms with Gasteiger partial charge in [0.1, 0.15) is 0 Å². The Labute approximate surface area is 103 Å². The monoisotopic (exact) mass is 389 g/mol. The van der Waals surface area contributed by atoms with E-state index in [1.807, 2.05) is 0 Å². The molecule has 0 aromatic carbocycles. The second-order valence-corrected chi connectivity index (χ2v) is 6.04. The molecule has 0 rings (SSSR count). The van der Waals surface area contributed by atoms with Gasteiger partial charge in [-0.15, -0.1) is 0 Å². The first-order valence-electron chi connectivity index (χ1n) is 2.84. The summed E-state index contributed by atoms with van der Waals surface area (Å²) < 4.78 is 118. The van der Waals surface area contributed by atoms with Gasteiger partial charge >= 0.3 is 82.5 Å². The number of allylic oxidation sites excluding steroid dienone is 1. The van der Waals surface area contributed by atoms with Gasteiger partial charge in [0.15, 0.2) is 0 Å². The molecule has 0 aromatic heterocycles. The fourth-order valence-corrected chi connectivity index (χ4v) is 0. The Morgan fingerprint density at radius 1 is 0.611 bits per heavy atom. The largest absolute Gasteiger partial charge is 3.00 e. The Balaban J connectivity index is -0.0000000857. The molecule has 0 aliphatic heterocycles. The van der Waals surface area contributed by atoms with Gasteiger partial charge in [-0.1, -0.05) is 0 Å². The van der Waals surface area contributed by atoms with E-state index < -0.39 is 15.6 Å². The van der Waals surface area contributed by atoms with Crippen molar-refractivity contribution in [1.29, 1.82) is 0 Å². The van der Waals surface area contributed by atoms with Gasteiger partial charge in [-0.3, -0.25) is 0 Å². The molecule has 121 valence electrons. The van der Waals surface area contributed by atoms with Crippen LogP contribution >= 0.6 is 15.6 Å². The van der Waals surface area contributed by atoms with Crippen LogP contribution in [0.2, 0.25) is 0 Å². The van der Waals surface area contributed by atoms with Crippen molar-refractivity contribution in [3.63, 3.8) is 0 Å². The fourth-order valence-electron chi connectivity index (χ4n) is 0. The van der Waals surface area contributed by atoms with Gasteiger partial charge in [0.05, 0.1) is 0 Å². The standard InChI is InChI=1S/C3H5.2F6P.Ni/c1-3-2;2*1-7(2,3,4,5)6;/h3H,1-2H2;;;/q3*-1;+3. The van der Waals surface area contributed by atoms with E-state index in [0.29, 0.717) is 0 Å². The molecular formula is C3H5F12NiP2. The molecule has 0 aliphatic carbocycles. The maximum absolute atomic E-state index is 10.7. The average Bonchev–Trinajstić information content (AvgIpc) is 1.40. The van der Waals surface area contributed by atoms with Crippen LogP contribution < -0.4 is 0 Å². The molecule has 18 heavy (non-hydrogen) atoms. The van der Waals surface area contributed by atoms with E-state index in [4.69, 9.17) is 0 Å². The molecule has 0 spiro atoms. The predicted molar refractivity (Wildman–Crippen MR) is 42.7 cm³/mol. The Morgan fingerprint density at radius 3 is 0.611 bits per heavy atom. The van der Waals surface area contributed by atoms with Gasteiger partial charge in [-0.25, -0.2) is 19.6 Å². The minimum atomic E-state index is -10.7. The van der Waals surface area contributed by atoms with Gasteiger partial charge in [-0.2, -0.15) is 0 Å². The Morgan fingerprint density at radius 2 is 0.611 bits per heavy atom. The van der Waals surface area contributed by atoms with Crippen molar-refractivity contribution in [3.05, 3.63) is 19.6 Å². The normalized spacial score (nSPS) is 18.7. The van der Waals surface area contributed by atoms with Crippen LogP contribution in [0.25, 0.3) is 0 Å². The summed E-state index contributed by atoms with van der Waals surface area (Å²) in [6.07, 6.45) is 1.50. The van der Waals surface area contributed by atoms with Gasteiger partial charge in [0.2, 0.25) is 0 Å².